The van der Waals surface area contributed by atoms with Gasteiger partial charge in [0.15, 0.2) is 0 Å². The molecule has 7 nitrogen and oxygen atoms in total. The molecule has 0 aromatic heterocycles. The van der Waals surface area contributed by atoms with Crippen LogP contribution in [0.4, 0.5) is 10.1 Å². The molecule has 0 aliphatic rings. The van der Waals surface area contributed by atoms with Crippen LogP contribution in [-0.4, -0.2) is 44.3 Å². The van der Waals surface area contributed by atoms with Crippen molar-refractivity contribution in [3.63, 3.8) is 0 Å². The predicted octanol–water partition coefficient (Wildman–Crippen LogP) is 1.71. The summed E-state index contributed by atoms with van der Waals surface area (Å²) >= 11 is 0. The highest BCUT2D eigenvalue weighted by Crippen LogP contribution is 2.19. The summed E-state index contributed by atoms with van der Waals surface area (Å²) in [5.74, 6) is -0.963. The van der Waals surface area contributed by atoms with Gasteiger partial charge in [0.25, 0.3) is 5.91 Å². The molecule has 0 atom stereocenters. The lowest BCUT2D eigenvalue weighted by Crippen LogP contribution is -2.32. The first-order chi connectivity index (χ1) is 13.4. The van der Waals surface area contributed by atoms with E-state index in [0.29, 0.717) is 35.5 Å². The fourth-order valence-corrected chi connectivity index (χ4v) is 2.46. The zero-order valence-corrected chi connectivity index (χ0v) is 15.5. The maximum Gasteiger partial charge on any atom is 0.251 e. The van der Waals surface area contributed by atoms with Gasteiger partial charge in [0.2, 0.25) is 5.91 Å². The number of carbonyl (C=O) groups is 2. The topological polar surface area (TPSA) is 117 Å². The number of amides is 2. The van der Waals surface area contributed by atoms with E-state index in [4.69, 9.17) is 15.9 Å². The van der Waals surface area contributed by atoms with Crippen LogP contribution in [0.15, 0.2) is 42.5 Å². The smallest absolute Gasteiger partial charge is 0.251 e. The molecule has 0 bridgehead atoms. The summed E-state index contributed by atoms with van der Waals surface area (Å²) in [6.07, 6.45) is 0.142. The van der Waals surface area contributed by atoms with Gasteiger partial charge >= 0.3 is 0 Å². The van der Waals surface area contributed by atoms with Crippen LogP contribution in [0.3, 0.4) is 0 Å². The van der Waals surface area contributed by atoms with Crippen molar-refractivity contribution >= 4 is 23.2 Å². The molecule has 2 aromatic rings. The molecule has 28 heavy (non-hydrogen) atoms. The van der Waals surface area contributed by atoms with E-state index in [0.717, 1.165) is 0 Å². The summed E-state index contributed by atoms with van der Waals surface area (Å²) in [6.45, 7) is 1.01. The van der Waals surface area contributed by atoms with Gasteiger partial charge in [-0.15, -0.1) is 0 Å². The standard InChI is InChI=1S/C20H23FN4O3/c1-28-11-10-24-18(26)8-9-25-20(27)14-4-7-17(22)16(12-14)19(23)13-2-5-15(21)6-3-13/h2-7,12,23H,8-11,22H2,1H3,(H,24,26)(H,25,27). The molecule has 0 fully saturated rings. The zero-order valence-electron chi connectivity index (χ0n) is 15.5. The van der Waals surface area contributed by atoms with Crippen LogP contribution in [-0.2, 0) is 9.53 Å². The van der Waals surface area contributed by atoms with Crippen LogP contribution in [0.1, 0.15) is 27.9 Å². The maximum absolute atomic E-state index is 13.1. The summed E-state index contributed by atoms with van der Waals surface area (Å²) < 4.78 is 17.9. The number of methoxy groups -OCH3 is 1. The van der Waals surface area contributed by atoms with Crippen LogP contribution < -0.4 is 16.4 Å². The van der Waals surface area contributed by atoms with E-state index in [1.807, 2.05) is 0 Å². The summed E-state index contributed by atoms with van der Waals surface area (Å²) in [6, 6.07) is 10.1. The van der Waals surface area contributed by atoms with E-state index < -0.39 is 5.82 Å². The Labute approximate surface area is 162 Å². The van der Waals surface area contributed by atoms with Crippen LogP contribution in [0.2, 0.25) is 0 Å². The first kappa shape index (κ1) is 21.0. The third kappa shape index (κ3) is 5.88. The molecule has 2 amide bonds. The Morgan fingerprint density at radius 2 is 1.75 bits per heavy atom. The average Bonchev–Trinajstić information content (AvgIpc) is 2.68. The number of ether oxygens (including phenoxy) is 1. The summed E-state index contributed by atoms with van der Waals surface area (Å²) in [5, 5.41) is 13.6. The fourth-order valence-electron chi connectivity index (χ4n) is 2.46. The number of carbonyl (C=O) groups excluding carboxylic acids is 2. The van der Waals surface area contributed by atoms with Crippen molar-refractivity contribution in [1.29, 1.82) is 5.41 Å². The van der Waals surface area contributed by atoms with Gasteiger partial charge in [-0.2, -0.15) is 0 Å². The summed E-state index contributed by atoms with van der Waals surface area (Å²) in [5.41, 5.74) is 7.54. The number of anilines is 1. The lowest BCUT2D eigenvalue weighted by atomic mass is 9.98. The van der Waals surface area contributed by atoms with Gasteiger partial charge in [-0.05, 0) is 42.5 Å². The normalized spacial score (nSPS) is 10.4. The minimum absolute atomic E-state index is 0.0877. The molecule has 8 heteroatoms. The van der Waals surface area contributed by atoms with Crippen LogP contribution in [0, 0.1) is 11.2 Å². The van der Waals surface area contributed by atoms with Gasteiger partial charge in [-0.25, -0.2) is 4.39 Å². The van der Waals surface area contributed by atoms with Gasteiger partial charge in [-0.3, -0.25) is 15.0 Å². The molecular weight excluding hydrogens is 363 g/mol. The molecular formula is C20H23FN4O3. The lowest BCUT2D eigenvalue weighted by Gasteiger charge is -2.11. The Balaban J connectivity index is 1.99. The Morgan fingerprint density at radius 3 is 2.43 bits per heavy atom. The van der Waals surface area contributed by atoms with Gasteiger partial charge in [0, 0.05) is 49.0 Å². The number of hydrogen-bond donors (Lipinski definition) is 4. The van der Waals surface area contributed by atoms with Crippen LogP contribution >= 0.6 is 0 Å². The largest absolute Gasteiger partial charge is 0.398 e. The Kier molecular flexibility index (Phi) is 7.65. The highest BCUT2D eigenvalue weighted by atomic mass is 19.1. The monoisotopic (exact) mass is 386 g/mol. The molecule has 0 unspecified atom stereocenters. The molecule has 2 aromatic carbocycles. The van der Waals surface area contributed by atoms with Gasteiger partial charge in [0.05, 0.1) is 12.3 Å². The minimum Gasteiger partial charge on any atom is -0.398 e. The quantitative estimate of drug-likeness (QED) is 0.298. The van der Waals surface area contributed by atoms with Crippen molar-refractivity contribution in [2.45, 2.75) is 6.42 Å². The van der Waals surface area contributed by atoms with E-state index >= 15 is 0 Å². The van der Waals surface area contributed by atoms with Gasteiger partial charge in [-0.1, -0.05) is 0 Å². The maximum atomic E-state index is 13.1. The highest BCUT2D eigenvalue weighted by Gasteiger charge is 2.13. The molecule has 0 aliphatic carbocycles. The van der Waals surface area contributed by atoms with Crippen molar-refractivity contribution in [3.05, 3.63) is 65.0 Å². The zero-order chi connectivity index (χ0) is 20.5. The third-order valence-electron chi connectivity index (χ3n) is 3.98. The van der Waals surface area contributed by atoms with E-state index in [1.165, 1.54) is 30.3 Å². The first-order valence-electron chi connectivity index (χ1n) is 8.70. The highest BCUT2D eigenvalue weighted by molar-refractivity contribution is 6.14. The molecule has 148 valence electrons. The first-order valence-corrected chi connectivity index (χ1v) is 8.70. The average molecular weight is 386 g/mol. The molecule has 0 heterocycles. The van der Waals surface area contributed by atoms with Crippen molar-refractivity contribution in [3.8, 4) is 0 Å². The number of nitrogens with two attached hydrogens (primary N) is 1. The van der Waals surface area contributed by atoms with E-state index in [-0.39, 0.29) is 30.5 Å². The second-order valence-corrected chi connectivity index (χ2v) is 6.03. The van der Waals surface area contributed by atoms with Crippen molar-refractivity contribution in [2.24, 2.45) is 0 Å². The number of halogens is 1. The lowest BCUT2D eigenvalue weighted by molar-refractivity contribution is -0.121. The van der Waals surface area contributed by atoms with Gasteiger partial charge in [0.1, 0.15) is 5.82 Å². The summed E-state index contributed by atoms with van der Waals surface area (Å²) in [4.78, 5) is 23.9. The second-order valence-electron chi connectivity index (χ2n) is 6.03. The number of hydrogen-bond acceptors (Lipinski definition) is 5. The fraction of sp³-hybridized carbons (Fsp3) is 0.250. The van der Waals surface area contributed by atoms with E-state index in [1.54, 1.807) is 19.2 Å². The molecule has 0 spiro atoms. The van der Waals surface area contributed by atoms with Gasteiger partial charge < -0.3 is 21.1 Å². The summed E-state index contributed by atoms with van der Waals surface area (Å²) in [7, 11) is 1.54. The Morgan fingerprint density at radius 1 is 1.07 bits per heavy atom. The minimum atomic E-state index is -0.399. The van der Waals surface area contributed by atoms with E-state index in [2.05, 4.69) is 10.6 Å². The number of benzene rings is 2. The molecule has 2 rings (SSSR count). The number of nitrogens with one attached hydrogen (secondary N) is 3. The second kappa shape index (κ2) is 10.2. The number of rotatable bonds is 9. The van der Waals surface area contributed by atoms with Crippen molar-refractivity contribution in [1.82, 2.24) is 10.6 Å². The van der Waals surface area contributed by atoms with E-state index in [9.17, 15) is 14.0 Å². The van der Waals surface area contributed by atoms with Crippen LogP contribution in [0.5, 0.6) is 0 Å². The Bertz CT molecular complexity index is 853. The molecule has 0 aliphatic heterocycles. The molecule has 5 N–H and O–H groups in total. The van der Waals surface area contributed by atoms with Crippen molar-refractivity contribution < 1.29 is 18.7 Å². The third-order valence-corrected chi connectivity index (χ3v) is 3.98. The molecule has 0 saturated carbocycles. The predicted molar refractivity (Wildman–Crippen MR) is 105 cm³/mol. The molecule has 0 saturated heterocycles. The SMILES string of the molecule is COCCNC(=O)CCNC(=O)c1ccc(N)c(C(=N)c2ccc(F)cc2)c1. The van der Waals surface area contributed by atoms with Crippen LogP contribution in [0.25, 0.3) is 0 Å². The Hall–Kier alpha value is -3.26. The molecule has 0 radical (unpaired) electrons. The number of nitrogen functional groups attached to an aromatic ring is 1. The van der Waals surface area contributed by atoms with Crippen molar-refractivity contribution in [2.75, 3.05) is 32.5 Å².